The van der Waals surface area contributed by atoms with Gasteiger partial charge < -0.3 is 11.1 Å². The second kappa shape index (κ2) is 8.36. The van der Waals surface area contributed by atoms with E-state index in [1.54, 1.807) is 19.1 Å². The van der Waals surface area contributed by atoms with Crippen molar-refractivity contribution < 1.29 is 21.6 Å². The van der Waals surface area contributed by atoms with E-state index in [1.807, 2.05) is 0 Å². The number of H-pyrrole nitrogens is 1. The average molecular weight is 475 g/mol. The summed E-state index contributed by atoms with van der Waals surface area (Å²) in [6.45, 7) is 1.66. The van der Waals surface area contributed by atoms with Gasteiger partial charge in [-0.2, -0.15) is 18.2 Å². The fraction of sp³-hybridized carbons (Fsp3) is 0.222. The molecule has 31 heavy (non-hydrogen) atoms. The van der Waals surface area contributed by atoms with Crippen molar-refractivity contribution in [3.05, 3.63) is 52.5 Å². The van der Waals surface area contributed by atoms with Gasteiger partial charge >= 0.3 is 6.18 Å². The van der Waals surface area contributed by atoms with Gasteiger partial charge in [0.25, 0.3) is 0 Å². The summed E-state index contributed by atoms with van der Waals surface area (Å²) in [6, 6.07) is 8.21. The van der Waals surface area contributed by atoms with E-state index in [0.717, 1.165) is 6.07 Å². The number of sulfonamides is 1. The molecule has 3 aromatic rings. The minimum absolute atomic E-state index is 0.00184. The number of nitrogens with one attached hydrogen (secondary N) is 2. The van der Waals surface area contributed by atoms with Crippen molar-refractivity contribution in [1.29, 1.82) is 0 Å². The second-order valence-electron chi connectivity index (χ2n) is 6.90. The number of benzene rings is 2. The molecule has 13 heteroatoms. The molecule has 0 saturated heterocycles. The average Bonchev–Trinajstić information content (AvgIpc) is 3.04. The highest BCUT2D eigenvalue weighted by molar-refractivity contribution is 7.89. The molecule has 0 aliphatic carbocycles. The van der Waals surface area contributed by atoms with Crippen LogP contribution in [0.25, 0.3) is 11.1 Å². The Hall–Kier alpha value is -2.83. The van der Waals surface area contributed by atoms with Crippen molar-refractivity contribution in [3.8, 4) is 11.1 Å². The second-order valence-corrected chi connectivity index (χ2v) is 8.97. The van der Waals surface area contributed by atoms with E-state index in [9.17, 15) is 21.6 Å². The zero-order valence-electron chi connectivity index (χ0n) is 16.0. The van der Waals surface area contributed by atoms with E-state index in [1.165, 1.54) is 18.2 Å². The summed E-state index contributed by atoms with van der Waals surface area (Å²) >= 11 is 6.23. The first-order valence-corrected chi connectivity index (χ1v) is 10.9. The Morgan fingerprint density at radius 2 is 1.87 bits per heavy atom. The number of nitrogens with two attached hydrogens (primary N) is 2. The Bertz CT molecular complexity index is 1200. The van der Waals surface area contributed by atoms with Crippen LogP contribution in [0.3, 0.4) is 0 Å². The molecule has 0 fully saturated rings. The molecule has 0 amide bonds. The van der Waals surface area contributed by atoms with Gasteiger partial charge in [0, 0.05) is 11.3 Å². The monoisotopic (exact) mass is 474 g/mol. The number of nitrogen functional groups attached to an aromatic ring is 1. The smallest absolute Gasteiger partial charge is 0.368 e. The van der Waals surface area contributed by atoms with Crippen LogP contribution in [0, 0.1) is 0 Å². The topological polar surface area (TPSA) is 140 Å². The molecule has 166 valence electrons. The number of anilines is 3. The number of nitrogens with zero attached hydrogens (tertiary/aromatic N) is 2. The fourth-order valence-corrected chi connectivity index (χ4v) is 4.30. The van der Waals surface area contributed by atoms with Gasteiger partial charge in [0.15, 0.2) is 0 Å². The molecule has 1 atom stereocenters. The van der Waals surface area contributed by atoms with Crippen LogP contribution in [-0.2, 0) is 16.2 Å². The van der Waals surface area contributed by atoms with Gasteiger partial charge in [0.1, 0.15) is 0 Å². The van der Waals surface area contributed by atoms with Crippen molar-refractivity contribution in [3.63, 3.8) is 0 Å². The molecule has 0 aliphatic heterocycles. The Labute approximate surface area is 180 Å². The summed E-state index contributed by atoms with van der Waals surface area (Å²) in [6.07, 6.45) is -4.70. The van der Waals surface area contributed by atoms with Crippen molar-refractivity contribution in [2.24, 2.45) is 5.14 Å². The lowest BCUT2D eigenvalue weighted by molar-refractivity contribution is -0.137. The molecule has 0 saturated carbocycles. The van der Waals surface area contributed by atoms with Gasteiger partial charge in [-0.3, -0.25) is 0 Å². The Balaban J connectivity index is 2.00. The Morgan fingerprint density at radius 3 is 2.39 bits per heavy atom. The van der Waals surface area contributed by atoms with E-state index >= 15 is 0 Å². The van der Waals surface area contributed by atoms with Crippen LogP contribution in [0.5, 0.6) is 0 Å². The summed E-state index contributed by atoms with van der Waals surface area (Å²) in [5, 5.41) is 13.6. The maximum absolute atomic E-state index is 13.8. The Kier molecular flexibility index (Phi) is 6.16. The first-order chi connectivity index (χ1) is 14.3. The van der Waals surface area contributed by atoms with Gasteiger partial charge in [-0.15, -0.1) is 5.10 Å². The molecular weight excluding hydrogens is 457 g/mol. The maximum Gasteiger partial charge on any atom is 0.417 e. The fourth-order valence-electron chi connectivity index (χ4n) is 3.08. The van der Waals surface area contributed by atoms with Crippen molar-refractivity contribution >= 4 is 39.2 Å². The van der Waals surface area contributed by atoms with Gasteiger partial charge in [-0.1, -0.05) is 42.8 Å². The highest BCUT2D eigenvalue weighted by Crippen LogP contribution is 2.43. The third kappa shape index (κ3) is 5.66. The third-order valence-electron chi connectivity index (χ3n) is 4.41. The van der Waals surface area contributed by atoms with Crippen molar-refractivity contribution in [2.75, 3.05) is 16.8 Å². The van der Waals surface area contributed by atoms with E-state index in [2.05, 4.69) is 20.5 Å². The SMILES string of the molecule is C[C@H](CS(N)(=O)=O)c1ccc(-c2c(Cl)cc(Nc3n[nH]c(N)n3)cc2C(F)(F)F)cc1. The molecule has 0 spiro atoms. The number of hydrogen-bond donors (Lipinski definition) is 4. The van der Waals surface area contributed by atoms with Crippen molar-refractivity contribution in [2.45, 2.75) is 19.0 Å². The van der Waals surface area contributed by atoms with Crippen LogP contribution < -0.4 is 16.2 Å². The standard InChI is InChI=1S/C18H18ClF3N6O2S/c1-9(8-31(24,29)30)10-2-4-11(5-3-10)15-13(18(20,21)22)6-12(7-14(15)19)25-17-26-16(23)27-28-17/h2-7,9H,8H2,1H3,(H2,24,29,30)(H4,23,25,26,27,28)/t9-/m1/s1. The molecule has 1 heterocycles. The molecular formula is C18H18ClF3N6O2S. The van der Waals surface area contributed by atoms with E-state index < -0.39 is 27.7 Å². The van der Waals surface area contributed by atoms with E-state index in [4.69, 9.17) is 22.5 Å². The highest BCUT2D eigenvalue weighted by atomic mass is 35.5. The van der Waals surface area contributed by atoms with Crippen LogP contribution in [0.15, 0.2) is 36.4 Å². The minimum Gasteiger partial charge on any atom is -0.368 e. The van der Waals surface area contributed by atoms with Gasteiger partial charge in [-0.05, 0) is 29.2 Å². The number of rotatable bonds is 6. The molecule has 1 aromatic heterocycles. The number of aromatic nitrogens is 3. The lowest BCUT2D eigenvalue weighted by Crippen LogP contribution is -2.20. The number of primary sulfonamides is 1. The molecule has 8 nitrogen and oxygen atoms in total. The van der Waals surface area contributed by atoms with Crippen LogP contribution in [0.4, 0.5) is 30.8 Å². The molecule has 6 N–H and O–H groups in total. The van der Waals surface area contributed by atoms with Crippen LogP contribution in [0.2, 0.25) is 5.02 Å². The van der Waals surface area contributed by atoms with Gasteiger partial charge in [-0.25, -0.2) is 18.7 Å². The summed E-state index contributed by atoms with van der Waals surface area (Å²) < 4.78 is 64.0. The molecule has 0 aliphatic rings. The quantitative estimate of drug-likeness (QED) is 0.427. The van der Waals surface area contributed by atoms with E-state index in [0.29, 0.717) is 5.56 Å². The number of aromatic amines is 1. The molecule has 2 aromatic carbocycles. The molecule has 0 bridgehead atoms. The number of halogens is 4. The third-order valence-corrected chi connectivity index (χ3v) is 5.67. The predicted octanol–water partition coefficient (Wildman–Crippen LogP) is 3.86. The molecule has 3 rings (SSSR count). The van der Waals surface area contributed by atoms with Crippen LogP contribution in [0.1, 0.15) is 24.0 Å². The van der Waals surface area contributed by atoms with Gasteiger partial charge in [0.2, 0.25) is 21.9 Å². The zero-order chi connectivity index (χ0) is 23.0. The van der Waals surface area contributed by atoms with Crippen molar-refractivity contribution in [1.82, 2.24) is 15.2 Å². The highest BCUT2D eigenvalue weighted by Gasteiger charge is 2.35. The van der Waals surface area contributed by atoms with Gasteiger partial charge in [0.05, 0.1) is 16.3 Å². The number of alkyl halides is 3. The molecule has 0 unspecified atom stereocenters. The lowest BCUT2D eigenvalue weighted by Gasteiger charge is -2.18. The largest absolute Gasteiger partial charge is 0.417 e. The summed E-state index contributed by atoms with van der Waals surface area (Å²) in [5.74, 6) is -0.727. The summed E-state index contributed by atoms with van der Waals surface area (Å²) in [4.78, 5) is 3.78. The minimum atomic E-state index is -4.70. The van der Waals surface area contributed by atoms with Crippen LogP contribution >= 0.6 is 11.6 Å². The van der Waals surface area contributed by atoms with E-state index in [-0.39, 0.29) is 39.5 Å². The normalized spacial score (nSPS) is 13.2. The number of hydrogen-bond acceptors (Lipinski definition) is 6. The zero-order valence-corrected chi connectivity index (χ0v) is 17.6. The summed E-state index contributed by atoms with van der Waals surface area (Å²) in [5.41, 5.74) is 5.10. The maximum atomic E-state index is 13.8. The molecule has 0 radical (unpaired) electrons. The lowest BCUT2D eigenvalue weighted by atomic mass is 9.95. The van der Waals surface area contributed by atoms with Crippen LogP contribution in [-0.4, -0.2) is 29.4 Å². The first kappa shape index (κ1) is 22.8. The Morgan fingerprint density at radius 1 is 1.23 bits per heavy atom. The predicted molar refractivity (Wildman–Crippen MR) is 112 cm³/mol. The first-order valence-electron chi connectivity index (χ1n) is 8.80. The summed E-state index contributed by atoms with van der Waals surface area (Å²) in [7, 11) is -3.69.